The minimum absolute atomic E-state index is 0.289. The van der Waals surface area contributed by atoms with E-state index in [0.29, 0.717) is 0 Å². The van der Waals surface area contributed by atoms with Crippen LogP contribution in [0.5, 0.6) is 0 Å². The SMILES string of the molecule is NC1CCN(c2nc3c(o2)CCC3)C1. The summed E-state index contributed by atoms with van der Waals surface area (Å²) in [5, 5.41) is 0. The first-order valence-corrected chi connectivity index (χ1v) is 5.32. The van der Waals surface area contributed by atoms with Crippen molar-refractivity contribution >= 4 is 6.01 Å². The first kappa shape index (κ1) is 8.29. The fourth-order valence-corrected chi connectivity index (χ4v) is 2.27. The maximum Gasteiger partial charge on any atom is 0.297 e. The average Bonchev–Trinajstić information content (AvgIpc) is 2.75. The first-order chi connectivity index (χ1) is 6.83. The van der Waals surface area contributed by atoms with Crippen molar-refractivity contribution in [1.82, 2.24) is 4.98 Å². The molecule has 0 amide bonds. The molecule has 76 valence electrons. The zero-order valence-electron chi connectivity index (χ0n) is 8.20. The minimum atomic E-state index is 0.289. The molecule has 2 aliphatic rings. The number of anilines is 1. The van der Waals surface area contributed by atoms with Gasteiger partial charge in [-0.25, -0.2) is 0 Å². The van der Waals surface area contributed by atoms with E-state index in [9.17, 15) is 0 Å². The summed E-state index contributed by atoms with van der Waals surface area (Å²) in [4.78, 5) is 6.67. The second-order valence-electron chi connectivity index (χ2n) is 4.21. The summed E-state index contributed by atoms with van der Waals surface area (Å²) in [7, 11) is 0. The molecule has 1 aliphatic heterocycles. The van der Waals surface area contributed by atoms with Gasteiger partial charge in [-0.3, -0.25) is 0 Å². The Balaban J connectivity index is 1.83. The Bertz CT molecular complexity index is 326. The van der Waals surface area contributed by atoms with Crippen molar-refractivity contribution in [3.05, 3.63) is 11.5 Å². The summed E-state index contributed by atoms with van der Waals surface area (Å²) in [6.45, 7) is 1.87. The zero-order chi connectivity index (χ0) is 9.54. The normalized spacial score (nSPS) is 25.8. The maximum absolute atomic E-state index is 5.84. The van der Waals surface area contributed by atoms with Crippen LogP contribution in [0.1, 0.15) is 24.3 Å². The number of nitrogens with two attached hydrogens (primary N) is 1. The summed E-state index contributed by atoms with van der Waals surface area (Å²) >= 11 is 0. The van der Waals surface area contributed by atoms with E-state index in [0.717, 1.165) is 44.1 Å². The van der Waals surface area contributed by atoms with Gasteiger partial charge in [-0.05, 0) is 19.3 Å². The number of oxazole rings is 1. The summed E-state index contributed by atoms with van der Waals surface area (Å²) in [6.07, 6.45) is 4.38. The van der Waals surface area contributed by atoms with E-state index >= 15 is 0 Å². The third-order valence-electron chi connectivity index (χ3n) is 3.08. The molecule has 0 aromatic carbocycles. The van der Waals surface area contributed by atoms with Crippen molar-refractivity contribution < 1.29 is 4.42 Å². The number of hydrogen-bond donors (Lipinski definition) is 1. The van der Waals surface area contributed by atoms with E-state index in [4.69, 9.17) is 10.2 Å². The number of nitrogens with zero attached hydrogens (tertiary/aromatic N) is 2. The maximum atomic E-state index is 5.84. The van der Waals surface area contributed by atoms with Gasteiger partial charge in [0, 0.05) is 25.6 Å². The van der Waals surface area contributed by atoms with Crippen molar-refractivity contribution in [3.8, 4) is 0 Å². The Morgan fingerprint density at radius 2 is 2.36 bits per heavy atom. The predicted molar refractivity (Wildman–Crippen MR) is 53.3 cm³/mol. The van der Waals surface area contributed by atoms with Gasteiger partial charge in [0.25, 0.3) is 6.01 Å². The molecule has 1 aromatic heterocycles. The van der Waals surface area contributed by atoms with E-state index in [-0.39, 0.29) is 6.04 Å². The number of hydrogen-bond acceptors (Lipinski definition) is 4. The summed E-state index contributed by atoms with van der Waals surface area (Å²) in [5.74, 6) is 1.10. The van der Waals surface area contributed by atoms with Gasteiger partial charge < -0.3 is 15.1 Å². The van der Waals surface area contributed by atoms with Crippen LogP contribution in [0, 0.1) is 0 Å². The van der Waals surface area contributed by atoms with Crippen molar-refractivity contribution in [2.45, 2.75) is 31.7 Å². The van der Waals surface area contributed by atoms with Gasteiger partial charge in [-0.2, -0.15) is 4.98 Å². The number of aromatic nitrogens is 1. The van der Waals surface area contributed by atoms with E-state index < -0.39 is 0 Å². The third kappa shape index (κ3) is 1.21. The van der Waals surface area contributed by atoms with Crippen LogP contribution in [0.25, 0.3) is 0 Å². The topological polar surface area (TPSA) is 55.3 Å². The van der Waals surface area contributed by atoms with Crippen LogP contribution >= 0.6 is 0 Å². The lowest BCUT2D eigenvalue weighted by atomic mass is 10.3. The molecule has 0 saturated carbocycles. The Labute approximate surface area is 83.1 Å². The van der Waals surface area contributed by atoms with Gasteiger partial charge in [0.1, 0.15) is 5.76 Å². The number of rotatable bonds is 1. The molecule has 2 heterocycles. The highest BCUT2D eigenvalue weighted by molar-refractivity contribution is 5.33. The van der Waals surface area contributed by atoms with Crippen molar-refractivity contribution in [1.29, 1.82) is 0 Å². The van der Waals surface area contributed by atoms with Crippen LogP contribution in [0.4, 0.5) is 6.01 Å². The summed E-state index contributed by atoms with van der Waals surface area (Å²) in [5.41, 5.74) is 7.01. The second-order valence-corrected chi connectivity index (χ2v) is 4.21. The highest BCUT2D eigenvalue weighted by Crippen LogP contribution is 2.28. The molecular formula is C10H15N3O. The monoisotopic (exact) mass is 193 g/mol. The summed E-state index contributed by atoms with van der Waals surface area (Å²) in [6, 6.07) is 1.08. The van der Waals surface area contributed by atoms with Crippen molar-refractivity contribution in [2.24, 2.45) is 5.73 Å². The molecule has 2 N–H and O–H groups in total. The molecule has 0 spiro atoms. The van der Waals surface area contributed by atoms with E-state index in [1.807, 2.05) is 0 Å². The largest absolute Gasteiger partial charge is 0.428 e. The molecule has 1 atom stereocenters. The van der Waals surface area contributed by atoms with E-state index in [2.05, 4.69) is 9.88 Å². The highest BCUT2D eigenvalue weighted by atomic mass is 16.4. The number of fused-ring (bicyclic) bond motifs is 1. The molecule has 4 heteroatoms. The lowest BCUT2D eigenvalue weighted by Gasteiger charge is -2.11. The molecule has 0 bridgehead atoms. The molecular weight excluding hydrogens is 178 g/mol. The van der Waals surface area contributed by atoms with Gasteiger partial charge in [-0.15, -0.1) is 0 Å². The Morgan fingerprint density at radius 1 is 1.43 bits per heavy atom. The lowest BCUT2D eigenvalue weighted by Crippen LogP contribution is -2.26. The fraction of sp³-hybridized carbons (Fsp3) is 0.700. The van der Waals surface area contributed by atoms with Gasteiger partial charge in [0.05, 0.1) is 5.69 Å². The Morgan fingerprint density at radius 3 is 3.07 bits per heavy atom. The third-order valence-corrected chi connectivity index (χ3v) is 3.08. The quantitative estimate of drug-likeness (QED) is 0.713. The van der Waals surface area contributed by atoms with Crippen LogP contribution in [0.2, 0.25) is 0 Å². The molecule has 4 nitrogen and oxygen atoms in total. The van der Waals surface area contributed by atoms with Gasteiger partial charge in [-0.1, -0.05) is 0 Å². The molecule has 1 unspecified atom stereocenters. The molecule has 1 aliphatic carbocycles. The minimum Gasteiger partial charge on any atom is -0.428 e. The lowest BCUT2D eigenvalue weighted by molar-refractivity contribution is 0.502. The van der Waals surface area contributed by atoms with Crippen LogP contribution in [0.3, 0.4) is 0 Å². The van der Waals surface area contributed by atoms with E-state index in [1.165, 1.54) is 12.1 Å². The smallest absolute Gasteiger partial charge is 0.297 e. The number of aryl methyl sites for hydroxylation is 2. The van der Waals surface area contributed by atoms with Crippen molar-refractivity contribution in [3.63, 3.8) is 0 Å². The summed E-state index contributed by atoms with van der Waals surface area (Å²) < 4.78 is 5.72. The molecule has 3 rings (SSSR count). The standard InChI is InChI=1S/C10H15N3O/c11-7-4-5-13(6-7)10-12-8-2-1-3-9(8)14-10/h7H,1-6,11H2. The van der Waals surface area contributed by atoms with Crippen molar-refractivity contribution in [2.75, 3.05) is 18.0 Å². The Hall–Kier alpha value is -1.03. The Kier molecular flexibility index (Phi) is 1.77. The van der Waals surface area contributed by atoms with Crippen LogP contribution in [0.15, 0.2) is 4.42 Å². The highest BCUT2D eigenvalue weighted by Gasteiger charge is 2.26. The molecule has 14 heavy (non-hydrogen) atoms. The van der Waals surface area contributed by atoms with Gasteiger partial charge in [0.15, 0.2) is 0 Å². The van der Waals surface area contributed by atoms with Crippen LogP contribution in [-0.2, 0) is 12.8 Å². The van der Waals surface area contributed by atoms with E-state index in [1.54, 1.807) is 0 Å². The fourth-order valence-electron chi connectivity index (χ4n) is 2.27. The molecule has 1 saturated heterocycles. The average molecular weight is 193 g/mol. The predicted octanol–water partition coefficient (Wildman–Crippen LogP) is 0.701. The van der Waals surface area contributed by atoms with Crippen LogP contribution < -0.4 is 10.6 Å². The molecule has 1 fully saturated rings. The van der Waals surface area contributed by atoms with Gasteiger partial charge >= 0.3 is 0 Å². The molecule has 1 aromatic rings. The zero-order valence-corrected chi connectivity index (χ0v) is 8.20. The molecule has 0 radical (unpaired) electrons. The van der Waals surface area contributed by atoms with Gasteiger partial charge in [0.2, 0.25) is 0 Å². The first-order valence-electron chi connectivity index (χ1n) is 5.32. The van der Waals surface area contributed by atoms with Crippen LogP contribution in [-0.4, -0.2) is 24.1 Å². The second kappa shape index (κ2) is 2.98.